The maximum absolute atomic E-state index is 11.7. The molecular formula is C12H22N4O5. The number of hydrogen-bond donors (Lipinski definition) is 3. The normalized spacial score (nSPS) is 11.4. The van der Waals surface area contributed by atoms with Gasteiger partial charge in [0.1, 0.15) is 12.6 Å². The predicted molar refractivity (Wildman–Crippen MR) is 73.9 cm³/mol. The van der Waals surface area contributed by atoms with Crippen LogP contribution >= 0.6 is 0 Å². The average molecular weight is 302 g/mol. The van der Waals surface area contributed by atoms with Gasteiger partial charge in [-0.05, 0) is 0 Å². The molecule has 0 spiro atoms. The summed E-state index contributed by atoms with van der Waals surface area (Å²) in [7, 11) is 1.46. The molecule has 0 rings (SSSR count). The van der Waals surface area contributed by atoms with Crippen LogP contribution in [0, 0.1) is 0 Å². The monoisotopic (exact) mass is 302 g/mol. The molecule has 0 aromatic carbocycles. The molecule has 0 aliphatic carbocycles. The zero-order chi connectivity index (χ0) is 16.4. The fourth-order valence-electron chi connectivity index (χ4n) is 1.21. The Morgan fingerprint density at radius 1 is 1.29 bits per heavy atom. The lowest BCUT2D eigenvalue weighted by molar-refractivity contribution is -0.143. The topological polar surface area (TPSA) is 145 Å². The Hall–Kier alpha value is -2.00. The highest BCUT2D eigenvalue weighted by atomic mass is 16.5. The van der Waals surface area contributed by atoms with Gasteiger partial charge in [0, 0.05) is 13.5 Å². The summed E-state index contributed by atoms with van der Waals surface area (Å²) in [5.74, 6) is -1.81. The molecule has 0 radical (unpaired) electrons. The van der Waals surface area contributed by atoms with Gasteiger partial charge in [-0.15, -0.1) is 0 Å². The lowest BCUT2D eigenvalue weighted by Crippen LogP contribution is -2.48. The van der Waals surface area contributed by atoms with Crippen LogP contribution in [0.25, 0.3) is 0 Å². The highest BCUT2D eigenvalue weighted by molar-refractivity contribution is 5.90. The minimum absolute atomic E-state index is 0.00856. The van der Waals surface area contributed by atoms with Crippen molar-refractivity contribution >= 4 is 23.6 Å². The van der Waals surface area contributed by atoms with Gasteiger partial charge in [-0.3, -0.25) is 19.2 Å². The summed E-state index contributed by atoms with van der Waals surface area (Å²) in [6.45, 7) is 0.781. The summed E-state index contributed by atoms with van der Waals surface area (Å²) in [6, 6.07) is -1.09. The molecule has 0 aliphatic heterocycles. The SMILES string of the molecule is CCC(=O)CN(C)C(=O)CNC(=O)[C@H](N)COC(=O)CN. The maximum atomic E-state index is 11.7. The van der Waals surface area contributed by atoms with Crippen molar-refractivity contribution in [1.29, 1.82) is 0 Å². The van der Waals surface area contributed by atoms with Gasteiger partial charge in [-0.25, -0.2) is 0 Å². The van der Waals surface area contributed by atoms with E-state index in [1.54, 1.807) is 6.92 Å². The first kappa shape index (κ1) is 19.0. The van der Waals surface area contributed by atoms with E-state index in [9.17, 15) is 19.2 Å². The molecule has 5 N–H and O–H groups in total. The van der Waals surface area contributed by atoms with E-state index in [1.165, 1.54) is 11.9 Å². The van der Waals surface area contributed by atoms with E-state index in [0.717, 1.165) is 0 Å². The molecule has 0 heterocycles. The second kappa shape index (κ2) is 9.83. The number of nitrogens with one attached hydrogen (secondary N) is 1. The minimum atomic E-state index is -1.09. The van der Waals surface area contributed by atoms with Gasteiger partial charge in [0.15, 0.2) is 5.78 Å². The molecule has 0 aromatic rings. The summed E-state index contributed by atoms with van der Waals surface area (Å²) in [6.07, 6.45) is 0.335. The van der Waals surface area contributed by atoms with Crippen LogP contribution in [0.15, 0.2) is 0 Å². The lowest BCUT2D eigenvalue weighted by Gasteiger charge is -2.17. The average Bonchev–Trinajstić information content (AvgIpc) is 2.48. The number of Topliss-reactive ketones (excluding diaryl/α,β-unsaturated/α-hetero) is 1. The standard InChI is InChI=1S/C12H22N4O5/c1-3-8(17)6-16(2)10(18)5-15-12(20)9(14)7-21-11(19)4-13/h9H,3-7,13-14H2,1-2H3,(H,15,20)/t9-/m1/s1. The number of ether oxygens (including phenoxy) is 1. The van der Waals surface area contributed by atoms with Crippen LogP contribution in [0.3, 0.4) is 0 Å². The smallest absolute Gasteiger partial charge is 0.319 e. The van der Waals surface area contributed by atoms with Crippen LogP contribution in [0.4, 0.5) is 0 Å². The van der Waals surface area contributed by atoms with E-state index in [2.05, 4.69) is 10.1 Å². The van der Waals surface area contributed by atoms with Crippen LogP contribution in [-0.4, -0.2) is 67.8 Å². The minimum Gasteiger partial charge on any atom is -0.463 e. The van der Waals surface area contributed by atoms with Crippen LogP contribution in [-0.2, 0) is 23.9 Å². The molecule has 0 saturated heterocycles. The molecular weight excluding hydrogens is 280 g/mol. The number of ketones is 1. The number of hydrogen-bond acceptors (Lipinski definition) is 7. The third-order valence-electron chi connectivity index (χ3n) is 2.57. The second-order valence-corrected chi connectivity index (χ2v) is 4.35. The number of carbonyl (C=O) groups is 4. The Morgan fingerprint density at radius 2 is 1.90 bits per heavy atom. The van der Waals surface area contributed by atoms with Gasteiger partial charge >= 0.3 is 5.97 Å². The Bertz CT molecular complexity index is 399. The first-order valence-corrected chi connectivity index (χ1v) is 6.46. The Kier molecular flexibility index (Phi) is 8.90. The van der Waals surface area contributed by atoms with Crippen LogP contribution in [0.5, 0.6) is 0 Å². The van der Waals surface area contributed by atoms with Crippen molar-refractivity contribution in [3.05, 3.63) is 0 Å². The Labute approximate surface area is 123 Å². The molecule has 0 aliphatic rings. The maximum Gasteiger partial charge on any atom is 0.319 e. The fourth-order valence-corrected chi connectivity index (χ4v) is 1.21. The molecule has 120 valence electrons. The van der Waals surface area contributed by atoms with Crippen LogP contribution in [0.1, 0.15) is 13.3 Å². The molecule has 0 bridgehead atoms. The summed E-state index contributed by atoms with van der Waals surface area (Å²) < 4.78 is 4.61. The van der Waals surface area contributed by atoms with E-state index in [1.807, 2.05) is 0 Å². The number of carbonyl (C=O) groups excluding carboxylic acids is 4. The first-order valence-electron chi connectivity index (χ1n) is 6.46. The van der Waals surface area contributed by atoms with Gasteiger partial charge in [-0.1, -0.05) is 6.92 Å². The van der Waals surface area contributed by atoms with Crippen molar-refractivity contribution < 1.29 is 23.9 Å². The van der Waals surface area contributed by atoms with Gasteiger partial charge in [0.05, 0.1) is 19.6 Å². The van der Waals surface area contributed by atoms with Crippen LogP contribution in [0.2, 0.25) is 0 Å². The van der Waals surface area contributed by atoms with Gasteiger partial charge in [0.2, 0.25) is 11.8 Å². The van der Waals surface area contributed by atoms with E-state index in [4.69, 9.17) is 11.5 Å². The largest absolute Gasteiger partial charge is 0.463 e. The Balaban J connectivity index is 4.08. The van der Waals surface area contributed by atoms with E-state index in [-0.39, 0.29) is 32.0 Å². The second-order valence-electron chi connectivity index (χ2n) is 4.35. The quantitative estimate of drug-likeness (QED) is 0.395. The number of rotatable bonds is 9. The molecule has 0 fully saturated rings. The number of nitrogens with two attached hydrogens (primary N) is 2. The molecule has 0 saturated carbocycles. The zero-order valence-electron chi connectivity index (χ0n) is 12.3. The van der Waals surface area contributed by atoms with E-state index in [0.29, 0.717) is 6.42 Å². The van der Waals surface area contributed by atoms with E-state index >= 15 is 0 Å². The highest BCUT2D eigenvalue weighted by Gasteiger charge is 2.18. The third kappa shape index (κ3) is 8.00. The summed E-state index contributed by atoms with van der Waals surface area (Å²) >= 11 is 0. The fraction of sp³-hybridized carbons (Fsp3) is 0.667. The number of esters is 1. The van der Waals surface area contributed by atoms with Crippen molar-refractivity contribution in [3.63, 3.8) is 0 Å². The number of likely N-dealkylation sites (N-methyl/N-ethyl adjacent to an activating group) is 1. The number of amides is 2. The first-order chi connectivity index (χ1) is 9.81. The molecule has 2 amide bonds. The summed E-state index contributed by atoms with van der Waals surface area (Å²) in [5, 5.41) is 2.31. The van der Waals surface area contributed by atoms with E-state index < -0.39 is 23.8 Å². The van der Waals surface area contributed by atoms with Gasteiger partial charge in [-0.2, -0.15) is 0 Å². The predicted octanol–water partition coefficient (Wildman–Crippen LogP) is -2.63. The molecule has 9 heteroatoms. The summed E-state index contributed by atoms with van der Waals surface area (Å²) in [4.78, 5) is 46.4. The van der Waals surface area contributed by atoms with Crippen molar-refractivity contribution in [2.75, 3.05) is 33.3 Å². The van der Waals surface area contributed by atoms with Crippen LogP contribution < -0.4 is 16.8 Å². The van der Waals surface area contributed by atoms with Crippen molar-refractivity contribution in [3.8, 4) is 0 Å². The summed E-state index contributed by atoms with van der Waals surface area (Å²) in [5.41, 5.74) is 10.5. The molecule has 21 heavy (non-hydrogen) atoms. The van der Waals surface area contributed by atoms with Crippen molar-refractivity contribution in [2.24, 2.45) is 11.5 Å². The third-order valence-corrected chi connectivity index (χ3v) is 2.57. The lowest BCUT2D eigenvalue weighted by atomic mass is 10.3. The molecule has 0 aromatic heterocycles. The van der Waals surface area contributed by atoms with Crippen molar-refractivity contribution in [2.45, 2.75) is 19.4 Å². The number of nitrogens with zero attached hydrogens (tertiary/aromatic N) is 1. The Morgan fingerprint density at radius 3 is 2.43 bits per heavy atom. The molecule has 1 atom stereocenters. The molecule has 0 unspecified atom stereocenters. The molecule has 9 nitrogen and oxygen atoms in total. The zero-order valence-corrected chi connectivity index (χ0v) is 12.3. The highest BCUT2D eigenvalue weighted by Crippen LogP contribution is 1.89. The van der Waals surface area contributed by atoms with Crippen molar-refractivity contribution in [1.82, 2.24) is 10.2 Å². The van der Waals surface area contributed by atoms with Gasteiger partial charge in [0.25, 0.3) is 0 Å². The van der Waals surface area contributed by atoms with Gasteiger partial charge < -0.3 is 26.4 Å².